The van der Waals surface area contributed by atoms with Crippen LogP contribution in [0.25, 0.3) is 0 Å². The predicted octanol–water partition coefficient (Wildman–Crippen LogP) is 2.55. The van der Waals surface area contributed by atoms with Gasteiger partial charge in [-0.1, -0.05) is 18.3 Å². The average Bonchev–Trinajstić information content (AvgIpc) is 2.53. The Balaban J connectivity index is 2.07. The van der Waals surface area contributed by atoms with E-state index in [0.717, 1.165) is 0 Å². The highest BCUT2D eigenvalue weighted by atomic mass is 32.1. The van der Waals surface area contributed by atoms with Crippen molar-refractivity contribution in [3.05, 3.63) is 52.8 Å². The molecule has 0 bridgehead atoms. The zero-order valence-corrected chi connectivity index (χ0v) is 12.6. The standard InChI is InChI=1S/C15H14N2O4S/c1-20-13(18)9-21-11-5-2-4-10(8-11)17-14(19)12-6-3-7-16-15(12)22/h2-8H,9H2,1H3,(H,16,22)(H,17,19). The highest BCUT2D eigenvalue weighted by Crippen LogP contribution is 2.18. The molecule has 1 aromatic heterocycles. The number of hydrogen-bond donors (Lipinski definition) is 2. The number of hydrogen-bond acceptors (Lipinski definition) is 5. The molecule has 0 spiro atoms. The molecule has 7 heteroatoms. The van der Waals surface area contributed by atoms with E-state index in [9.17, 15) is 9.59 Å². The third-order valence-electron chi connectivity index (χ3n) is 2.74. The minimum absolute atomic E-state index is 0.197. The topological polar surface area (TPSA) is 80.4 Å². The van der Waals surface area contributed by atoms with Gasteiger partial charge in [0, 0.05) is 18.0 Å². The third kappa shape index (κ3) is 4.16. The number of H-pyrrole nitrogens is 1. The molecule has 1 amide bonds. The Morgan fingerprint density at radius 1 is 1.27 bits per heavy atom. The Hall–Kier alpha value is -2.67. The number of esters is 1. The SMILES string of the molecule is COC(=O)COc1cccc(NC(=O)c2ccc[nH]c2=S)c1. The number of ether oxygens (including phenoxy) is 2. The molecule has 22 heavy (non-hydrogen) atoms. The first-order valence-corrected chi connectivity index (χ1v) is 6.79. The normalized spacial score (nSPS) is 9.86. The van der Waals surface area contributed by atoms with Gasteiger partial charge < -0.3 is 19.8 Å². The molecule has 1 heterocycles. The Morgan fingerprint density at radius 3 is 2.82 bits per heavy atom. The summed E-state index contributed by atoms with van der Waals surface area (Å²) in [4.78, 5) is 26.0. The van der Waals surface area contributed by atoms with Crippen molar-refractivity contribution in [2.24, 2.45) is 0 Å². The van der Waals surface area contributed by atoms with Gasteiger partial charge >= 0.3 is 5.97 Å². The number of pyridine rings is 1. The monoisotopic (exact) mass is 318 g/mol. The van der Waals surface area contributed by atoms with E-state index in [0.29, 0.717) is 21.6 Å². The molecule has 2 aromatic rings. The van der Waals surface area contributed by atoms with Crippen molar-refractivity contribution >= 4 is 29.8 Å². The van der Waals surface area contributed by atoms with Crippen LogP contribution in [0.1, 0.15) is 10.4 Å². The summed E-state index contributed by atoms with van der Waals surface area (Å²) in [6.45, 7) is -0.197. The van der Waals surface area contributed by atoms with Crippen molar-refractivity contribution in [3.8, 4) is 5.75 Å². The van der Waals surface area contributed by atoms with Gasteiger partial charge in [-0.2, -0.15) is 0 Å². The molecule has 2 rings (SSSR count). The van der Waals surface area contributed by atoms with Gasteiger partial charge in [0.05, 0.1) is 12.7 Å². The highest BCUT2D eigenvalue weighted by Gasteiger charge is 2.09. The Morgan fingerprint density at radius 2 is 2.09 bits per heavy atom. The van der Waals surface area contributed by atoms with Gasteiger partial charge in [-0.15, -0.1) is 0 Å². The minimum Gasteiger partial charge on any atom is -0.482 e. The smallest absolute Gasteiger partial charge is 0.343 e. The second kappa shape index (κ2) is 7.37. The first-order chi connectivity index (χ1) is 10.6. The number of aromatic amines is 1. The maximum Gasteiger partial charge on any atom is 0.343 e. The summed E-state index contributed by atoms with van der Waals surface area (Å²) in [6, 6.07) is 10.0. The average molecular weight is 318 g/mol. The molecule has 0 fully saturated rings. The van der Waals surface area contributed by atoms with Gasteiger partial charge in [0.2, 0.25) is 0 Å². The Kier molecular flexibility index (Phi) is 5.26. The first-order valence-electron chi connectivity index (χ1n) is 6.39. The van der Waals surface area contributed by atoms with Crippen molar-refractivity contribution in [2.45, 2.75) is 0 Å². The molecule has 0 atom stereocenters. The van der Waals surface area contributed by atoms with Crippen LogP contribution in [0.2, 0.25) is 0 Å². The molecule has 0 saturated heterocycles. The lowest BCUT2D eigenvalue weighted by Gasteiger charge is -2.08. The molecule has 0 aliphatic carbocycles. The van der Waals surface area contributed by atoms with E-state index < -0.39 is 5.97 Å². The van der Waals surface area contributed by atoms with Crippen LogP contribution < -0.4 is 10.1 Å². The molecule has 0 radical (unpaired) electrons. The third-order valence-corrected chi connectivity index (χ3v) is 3.08. The summed E-state index contributed by atoms with van der Waals surface area (Å²) in [5.41, 5.74) is 0.906. The summed E-state index contributed by atoms with van der Waals surface area (Å²) < 4.78 is 10.1. The molecule has 2 N–H and O–H groups in total. The molecular weight excluding hydrogens is 304 g/mol. The van der Waals surface area contributed by atoms with Crippen LogP contribution in [-0.2, 0) is 9.53 Å². The molecular formula is C15H14N2O4S. The lowest BCUT2D eigenvalue weighted by molar-refractivity contribution is -0.142. The van der Waals surface area contributed by atoms with Crippen LogP contribution in [0.15, 0.2) is 42.6 Å². The fraction of sp³-hybridized carbons (Fsp3) is 0.133. The fourth-order valence-electron chi connectivity index (χ4n) is 1.66. The quantitative estimate of drug-likeness (QED) is 0.654. The zero-order valence-electron chi connectivity index (χ0n) is 11.8. The van der Waals surface area contributed by atoms with Crippen LogP contribution in [0.5, 0.6) is 5.75 Å². The lowest BCUT2D eigenvalue weighted by Crippen LogP contribution is -2.14. The predicted molar refractivity (Wildman–Crippen MR) is 83.5 cm³/mol. The van der Waals surface area contributed by atoms with Crippen LogP contribution >= 0.6 is 12.2 Å². The Bertz CT molecular complexity index is 742. The second-order valence-corrected chi connectivity index (χ2v) is 4.67. The van der Waals surface area contributed by atoms with E-state index in [-0.39, 0.29) is 12.5 Å². The molecule has 0 saturated carbocycles. The van der Waals surface area contributed by atoms with Crippen molar-refractivity contribution in [3.63, 3.8) is 0 Å². The van der Waals surface area contributed by atoms with Crippen molar-refractivity contribution in [2.75, 3.05) is 19.0 Å². The van der Waals surface area contributed by atoms with E-state index in [2.05, 4.69) is 15.0 Å². The summed E-state index contributed by atoms with van der Waals surface area (Å²) in [6.07, 6.45) is 1.65. The lowest BCUT2D eigenvalue weighted by atomic mass is 10.2. The van der Waals surface area contributed by atoms with E-state index in [4.69, 9.17) is 17.0 Å². The summed E-state index contributed by atoms with van der Waals surface area (Å²) in [5.74, 6) is -0.363. The number of carbonyl (C=O) groups excluding carboxylic acids is 2. The van der Waals surface area contributed by atoms with Gasteiger partial charge in [-0.3, -0.25) is 4.79 Å². The summed E-state index contributed by atoms with van der Waals surface area (Å²) in [7, 11) is 1.28. The summed E-state index contributed by atoms with van der Waals surface area (Å²) >= 11 is 5.06. The number of nitrogens with one attached hydrogen (secondary N) is 2. The number of benzene rings is 1. The number of anilines is 1. The van der Waals surface area contributed by atoms with Gasteiger partial charge in [-0.05, 0) is 24.3 Å². The molecule has 0 aliphatic heterocycles. The van der Waals surface area contributed by atoms with Gasteiger partial charge in [0.15, 0.2) is 6.61 Å². The zero-order chi connectivity index (χ0) is 15.9. The Labute approximate surface area is 132 Å². The van der Waals surface area contributed by atoms with E-state index in [1.807, 2.05) is 0 Å². The fourth-order valence-corrected chi connectivity index (χ4v) is 1.89. The van der Waals surface area contributed by atoms with Gasteiger partial charge in [0.1, 0.15) is 10.4 Å². The van der Waals surface area contributed by atoms with E-state index in [1.54, 1.807) is 42.6 Å². The molecule has 114 valence electrons. The number of aromatic nitrogens is 1. The van der Waals surface area contributed by atoms with Crippen LogP contribution in [0.4, 0.5) is 5.69 Å². The van der Waals surface area contributed by atoms with Gasteiger partial charge in [0.25, 0.3) is 5.91 Å². The molecule has 0 unspecified atom stereocenters. The van der Waals surface area contributed by atoms with Crippen molar-refractivity contribution in [1.29, 1.82) is 0 Å². The minimum atomic E-state index is -0.481. The molecule has 6 nitrogen and oxygen atoms in total. The van der Waals surface area contributed by atoms with Gasteiger partial charge in [-0.25, -0.2) is 4.79 Å². The van der Waals surface area contributed by atoms with Crippen LogP contribution in [-0.4, -0.2) is 30.6 Å². The van der Waals surface area contributed by atoms with Crippen molar-refractivity contribution < 1.29 is 19.1 Å². The second-order valence-electron chi connectivity index (χ2n) is 4.26. The summed E-state index contributed by atoms with van der Waals surface area (Å²) in [5, 5.41) is 2.72. The van der Waals surface area contributed by atoms with E-state index >= 15 is 0 Å². The number of carbonyl (C=O) groups is 2. The number of amides is 1. The van der Waals surface area contributed by atoms with E-state index in [1.165, 1.54) is 7.11 Å². The highest BCUT2D eigenvalue weighted by molar-refractivity contribution is 7.71. The van der Waals surface area contributed by atoms with Crippen LogP contribution in [0, 0.1) is 4.64 Å². The maximum absolute atomic E-state index is 12.1. The number of rotatable bonds is 5. The van der Waals surface area contributed by atoms with Crippen LogP contribution in [0.3, 0.4) is 0 Å². The van der Waals surface area contributed by atoms with Crippen molar-refractivity contribution in [1.82, 2.24) is 4.98 Å². The maximum atomic E-state index is 12.1. The largest absolute Gasteiger partial charge is 0.482 e. The molecule has 0 aliphatic rings. The molecule has 1 aromatic carbocycles. The number of methoxy groups -OCH3 is 1. The first kappa shape index (κ1) is 15.7.